The normalized spacial score (nSPS) is 12.5. The molecule has 1 heterocycles. The Kier molecular flexibility index (Phi) is 4.25. The van der Waals surface area contributed by atoms with Gasteiger partial charge in [-0.3, -0.25) is 14.3 Å². The molecule has 94 valence electrons. The molecule has 2 N–H and O–H groups in total. The van der Waals surface area contributed by atoms with E-state index in [0.29, 0.717) is 5.82 Å². The number of hydrogen-bond donors (Lipinski definition) is 2. The molecule has 0 aliphatic rings. The van der Waals surface area contributed by atoms with E-state index in [9.17, 15) is 9.59 Å². The van der Waals surface area contributed by atoms with Gasteiger partial charge < -0.3 is 10.4 Å². The minimum atomic E-state index is -0.971. The number of hydrogen-bond acceptors (Lipinski definition) is 3. The van der Waals surface area contributed by atoms with Crippen LogP contribution in [0, 0.1) is 11.8 Å². The average molecular weight is 239 g/mol. The first-order valence-corrected chi connectivity index (χ1v) is 5.46. The second-order valence-corrected chi connectivity index (χ2v) is 4.31. The molecule has 0 aromatic carbocycles. The Morgan fingerprint density at radius 3 is 2.65 bits per heavy atom. The van der Waals surface area contributed by atoms with Crippen LogP contribution in [0.3, 0.4) is 0 Å². The Morgan fingerprint density at radius 2 is 2.12 bits per heavy atom. The number of nitrogens with one attached hydrogen (secondary N) is 1. The van der Waals surface area contributed by atoms with Gasteiger partial charge in [0.1, 0.15) is 6.54 Å². The lowest BCUT2D eigenvalue weighted by Gasteiger charge is -2.13. The molecule has 6 nitrogen and oxygen atoms in total. The smallest absolute Gasteiger partial charge is 0.325 e. The van der Waals surface area contributed by atoms with Gasteiger partial charge in [-0.15, -0.1) is 0 Å². The molecular weight excluding hydrogens is 222 g/mol. The number of nitrogens with zero attached hydrogens (tertiary/aromatic N) is 2. The second kappa shape index (κ2) is 5.47. The lowest BCUT2D eigenvalue weighted by Crippen LogP contribution is -2.24. The maximum Gasteiger partial charge on any atom is 0.325 e. The third-order valence-electron chi connectivity index (χ3n) is 2.60. The van der Waals surface area contributed by atoms with E-state index in [4.69, 9.17) is 5.11 Å². The summed E-state index contributed by atoms with van der Waals surface area (Å²) in [6, 6.07) is 1.58. The molecule has 0 aliphatic carbocycles. The monoisotopic (exact) mass is 239 g/mol. The van der Waals surface area contributed by atoms with E-state index in [1.54, 1.807) is 6.07 Å². The van der Waals surface area contributed by atoms with Crippen LogP contribution in [0.25, 0.3) is 0 Å². The molecule has 0 bridgehead atoms. The molecule has 1 aromatic rings. The van der Waals surface area contributed by atoms with E-state index in [1.807, 2.05) is 20.8 Å². The van der Waals surface area contributed by atoms with Gasteiger partial charge in [0.25, 0.3) is 0 Å². The maximum atomic E-state index is 11.7. The van der Waals surface area contributed by atoms with Gasteiger partial charge in [-0.05, 0) is 5.92 Å². The molecule has 0 fully saturated rings. The first kappa shape index (κ1) is 13.2. The average Bonchev–Trinajstić information content (AvgIpc) is 2.63. The summed E-state index contributed by atoms with van der Waals surface area (Å²) in [5.74, 6) is -0.568. The van der Waals surface area contributed by atoms with Gasteiger partial charge in [-0.2, -0.15) is 5.10 Å². The van der Waals surface area contributed by atoms with Crippen LogP contribution in [0.5, 0.6) is 0 Å². The zero-order chi connectivity index (χ0) is 13.0. The van der Waals surface area contributed by atoms with E-state index < -0.39 is 5.97 Å². The largest absolute Gasteiger partial charge is 0.480 e. The maximum absolute atomic E-state index is 11.7. The third-order valence-corrected chi connectivity index (χ3v) is 2.60. The van der Waals surface area contributed by atoms with Crippen LogP contribution < -0.4 is 5.32 Å². The summed E-state index contributed by atoms with van der Waals surface area (Å²) in [4.78, 5) is 22.2. The van der Waals surface area contributed by atoms with E-state index >= 15 is 0 Å². The molecule has 1 rings (SSSR count). The van der Waals surface area contributed by atoms with E-state index in [2.05, 4.69) is 10.4 Å². The number of carbonyl (C=O) groups is 2. The molecule has 1 unspecified atom stereocenters. The number of anilines is 1. The van der Waals surface area contributed by atoms with E-state index in [1.165, 1.54) is 10.9 Å². The molecule has 0 saturated heterocycles. The van der Waals surface area contributed by atoms with Gasteiger partial charge in [0, 0.05) is 18.2 Å². The number of carbonyl (C=O) groups excluding carboxylic acids is 1. The quantitative estimate of drug-likeness (QED) is 0.808. The molecule has 0 radical (unpaired) electrons. The van der Waals surface area contributed by atoms with Gasteiger partial charge in [0.05, 0.1) is 0 Å². The Morgan fingerprint density at radius 1 is 1.47 bits per heavy atom. The molecule has 17 heavy (non-hydrogen) atoms. The van der Waals surface area contributed by atoms with Crippen molar-refractivity contribution >= 4 is 17.7 Å². The molecule has 6 heteroatoms. The third kappa shape index (κ3) is 3.90. The van der Waals surface area contributed by atoms with Gasteiger partial charge in [-0.25, -0.2) is 0 Å². The molecule has 0 spiro atoms. The van der Waals surface area contributed by atoms with Crippen LogP contribution in [0.2, 0.25) is 0 Å². The van der Waals surface area contributed by atoms with Crippen LogP contribution in [0.4, 0.5) is 5.82 Å². The van der Waals surface area contributed by atoms with Crippen LogP contribution >= 0.6 is 0 Å². The van der Waals surface area contributed by atoms with Crippen molar-refractivity contribution in [3.63, 3.8) is 0 Å². The highest BCUT2D eigenvalue weighted by molar-refractivity contribution is 5.91. The van der Waals surface area contributed by atoms with Crippen molar-refractivity contribution in [3.8, 4) is 0 Å². The Balaban J connectivity index is 2.60. The van der Waals surface area contributed by atoms with E-state index in [-0.39, 0.29) is 24.3 Å². The number of amides is 1. The Bertz CT molecular complexity index is 412. The molecule has 0 saturated carbocycles. The number of carboxylic acid groups (broad SMARTS) is 1. The van der Waals surface area contributed by atoms with Crippen molar-refractivity contribution in [3.05, 3.63) is 12.3 Å². The molecule has 0 aliphatic heterocycles. The highest BCUT2D eigenvalue weighted by Gasteiger charge is 2.17. The van der Waals surface area contributed by atoms with Gasteiger partial charge in [0.15, 0.2) is 5.82 Å². The first-order chi connectivity index (χ1) is 7.90. The predicted molar refractivity (Wildman–Crippen MR) is 62.5 cm³/mol. The first-order valence-electron chi connectivity index (χ1n) is 5.46. The van der Waals surface area contributed by atoms with Crippen molar-refractivity contribution in [2.45, 2.75) is 27.3 Å². The highest BCUT2D eigenvalue weighted by atomic mass is 16.4. The minimum Gasteiger partial charge on any atom is -0.480 e. The molecular formula is C11H17N3O3. The zero-order valence-electron chi connectivity index (χ0n) is 10.2. The molecule has 1 aromatic heterocycles. The summed E-state index contributed by atoms with van der Waals surface area (Å²) < 4.78 is 1.26. The highest BCUT2D eigenvalue weighted by Crippen LogP contribution is 2.12. The van der Waals surface area contributed by atoms with Crippen LogP contribution in [0.15, 0.2) is 12.3 Å². The fraction of sp³-hybridized carbons (Fsp3) is 0.545. The summed E-state index contributed by atoms with van der Waals surface area (Å²) in [6.45, 7) is 5.56. The number of rotatable bonds is 5. The van der Waals surface area contributed by atoms with Crippen molar-refractivity contribution in [2.75, 3.05) is 5.32 Å². The summed E-state index contributed by atoms with van der Waals surface area (Å²) in [6.07, 6.45) is 1.52. The Labute approximate surface area is 99.6 Å². The predicted octanol–water partition coefficient (Wildman–Crippen LogP) is 1.20. The number of aliphatic carboxylic acids is 1. The van der Waals surface area contributed by atoms with Crippen LogP contribution in [-0.4, -0.2) is 26.8 Å². The van der Waals surface area contributed by atoms with Crippen molar-refractivity contribution in [1.82, 2.24) is 9.78 Å². The topological polar surface area (TPSA) is 84.2 Å². The summed E-state index contributed by atoms with van der Waals surface area (Å²) in [5, 5.41) is 15.2. The fourth-order valence-electron chi connectivity index (χ4n) is 1.20. The van der Waals surface area contributed by atoms with Gasteiger partial charge in [-0.1, -0.05) is 20.8 Å². The van der Waals surface area contributed by atoms with Gasteiger partial charge >= 0.3 is 5.97 Å². The summed E-state index contributed by atoms with van der Waals surface area (Å²) >= 11 is 0. The summed E-state index contributed by atoms with van der Waals surface area (Å²) in [5.41, 5.74) is 0. The van der Waals surface area contributed by atoms with Crippen molar-refractivity contribution in [1.29, 1.82) is 0 Å². The standard InChI is InChI=1S/C11H17N3O3/c1-7(2)8(3)11(17)12-9-4-5-14(13-9)6-10(15)16/h4-5,7-8H,6H2,1-3H3,(H,15,16)(H,12,13,17). The zero-order valence-corrected chi connectivity index (χ0v) is 10.2. The molecule has 1 amide bonds. The lowest BCUT2D eigenvalue weighted by molar-refractivity contribution is -0.137. The van der Waals surface area contributed by atoms with Crippen LogP contribution in [-0.2, 0) is 16.1 Å². The van der Waals surface area contributed by atoms with Gasteiger partial charge in [0.2, 0.25) is 5.91 Å². The Hall–Kier alpha value is -1.85. The van der Waals surface area contributed by atoms with Crippen molar-refractivity contribution < 1.29 is 14.7 Å². The SMILES string of the molecule is CC(C)C(C)C(=O)Nc1ccn(CC(=O)O)n1. The fourth-order valence-corrected chi connectivity index (χ4v) is 1.20. The summed E-state index contributed by atoms with van der Waals surface area (Å²) in [7, 11) is 0. The van der Waals surface area contributed by atoms with Crippen LogP contribution in [0.1, 0.15) is 20.8 Å². The van der Waals surface area contributed by atoms with Crippen molar-refractivity contribution in [2.24, 2.45) is 11.8 Å². The number of carboxylic acids is 1. The number of aromatic nitrogens is 2. The molecule has 1 atom stereocenters. The lowest BCUT2D eigenvalue weighted by atomic mass is 9.97. The minimum absolute atomic E-state index is 0.111. The van der Waals surface area contributed by atoms with E-state index in [0.717, 1.165) is 0 Å². The second-order valence-electron chi connectivity index (χ2n) is 4.31.